The van der Waals surface area contributed by atoms with Crippen LogP contribution in [0.3, 0.4) is 0 Å². The van der Waals surface area contributed by atoms with Gasteiger partial charge in [0.2, 0.25) is 0 Å². The molecule has 3 rings (SSSR count). The van der Waals surface area contributed by atoms with Crippen molar-refractivity contribution in [2.75, 3.05) is 0 Å². The van der Waals surface area contributed by atoms with Crippen molar-refractivity contribution in [1.29, 1.82) is 0 Å². The third kappa shape index (κ3) is 1.29. The number of allylic oxidation sites excluding steroid dienone is 3. The van der Waals surface area contributed by atoms with Crippen LogP contribution in [0, 0.1) is 11.8 Å². The predicted octanol–water partition coefficient (Wildman–Crippen LogP) is 4.03. The molecule has 2 atom stereocenters. The topological polar surface area (TPSA) is 32.6 Å². The molecule has 0 heterocycles. The second kappa shape index (κ2) is 3.78. The van der Waals surface area contributed by atoms with Crippen molar-refractivity contribution < 1.29 is 5.21 Å². The maximum atomic E-state index is 9.06. The van der Waals surface area contributed by atoms with Gasteiger partial charge in [-0.3, -0.25) is 0 Å². The maximum absolute atomic E-state index is 9.06. The molecule has 2 nitrogen and oxygen atoms in total. The molecule has 0 aromatic rings. The Morgan fingerprint density at radius 1 is 1.19 bits per heavy atom. The number of oxime groups is 1. The molecule has 0 amide bonds. The van der Waals surface area contributed by atoms with Crippen molar-refractivity contribution in [1.82, 2.24) is 0 Å². The highest BCUT2D eigenvalue weighted by Gasteiger charge is 2.46. The Labute approximate surface area is 105 Å². The molecule has 0 saturated heterocycles. The molecule has 1 fully saturated rings. The van der Waals surface area contributed by atoms with E-state index in [0.717, 1.165) is 37.8 Å². The first-order valence-electron chi connectivity index (χ1n) is 5.73. The molecule has 3 aliphatic carbocycles. The van der Waals surface area contributed by atoms with Crippen LogP contribution in [-0.2, 0) is 0 Å². The van der Waals surface area contributed by atoms with E-state index in [-0.39, 0.29) is 0 Å². The summed E-state index contributed by atoms with van der Waals surface area (Å²) in [5.41, 5.74) is 4.72. The van der Waals surface area contributed by atoms with Gasteiger partial charge in [0.15, 0.2) is 0 Å². The fraction of sp³-hybridized carbons (Fsp3) is 0.583. The van der Waals surface area contributed by atoms with Crippen molar-refractivity contribution in [3.05, 3.63) is 21.2 Å². The van der Waals surface area contributed by atoms with Crippen LogP contribution >= 0.6 is 23.2 Å². The smallest absolute Gasteiger partial charge is 0.107 e. The van der Waals surface area contributed by atoms with Crippen LogP contribution in [-0.4, -0.2) is 10.9 Å². The Bertz CT molecular complexity index is 432. The summed E-state index contributed by atoms with van der Waals surface area (Å²) < 4.78 is 0.430. The van der Waals surface area contributed by atoms with Crippen molar-refractivity contribution in [2.45, 2.75) is 32.1 Å². The molecule has 3 aliphatic rings. The SMILES string of the molecule is ON=C1CCCC2=C1[C@H]1CC[C@@H]2C1=C(Cl)Cl. The van der Waals surface area contributed by atoms with E-state index in [4.69, 9.17) is 28.4 Å². The number of halogens is 2. The Balaban J connectivity index is 2.12. The molecule has 0 spiro atoms. The van der Waals surface area contributed by atoms with Crippen LogP contribution in [0.25, 0.3) is 0 Å². The minimum atomic E-state index is 0.330. The summed E-state index contributed by atoms with van der Waals surface area (Å²) >= 11 is 12.0. The molecule has 0 aromatic carbocycles. The summed E-state index contributed by atoms with van der Waals surface area (Å²) in [7, 11) is 0. The molecule has 86 valence electrons. The van der Waals surface area contributed by atoms with E-state index in [1.54, 1.807) is 0 Å². The number of nitrogens with zero attached hydrogens (tertiary/aromatic N) is 1. The summed E-state index contributed by atoms with van der Waals surface area (Å²) in [4.78, 5) is 0. The average molecular weight is 258 g/mol. The van der Waals surface area contributed by atoms with Gasteiger partial charge in [0.1, 0.15) is 4.49 Å². The van der Waals surface area contributed by atoms with E-state index in [1.807, 2.05) is 0 Å². The Morgan fingerprint density at radius 3 is 2.62 bits per heavy atom. The third-order valence-electron chi connectivity index (χ3n) is 4.12. The molecule has 0 aliphatic heterocycles. The quantitative estimate of drug-likeness (QED) is 0.516. The fourth-order valence-electron chi connectivity index (χ4n) is 3.60. The lowest BCUT2D eigenvalue weighted by Crippen LogP contribution is -2.17. The second-order valence-corrected chi connectivity index (χ2v) is 5.69. The van der Waals surface area contributed by atoms with Crippen molar-refractivity contribution in [2.24, 2.45) is 17.0 Å². The largest absolute Gasteiger partial charge is 0.411 e. The molecule has 0 radical (unpaired) electrons. The second-order valence-electron chi connectivity index (χ2n) is 4.74. The van der Waals surface area contributed by atoms with Gasteiger partial charge in [-0.1, -0.05) is 33.9 Å². The first kappa shape index (κ1) is 10.7. The zero-order valence-electron chi connectivity index (χ0n) is 8.84. The summed E-state index contributed by atoms with van der Waals surface area (Å²) in [5, 5.41) is 12.5. The Hall–Kier alpha value is -0.470. The number of rotatable bonds is 0. The van der Waals surface area contributed by atoms with Crippen LogP contribution in [0.4, 0.5) is 0 Å². The van der Waals surface area contributed by atoms with Crippen LogP contribution in [0.5, 0.6) is 0 Å². The van der Waals surface area contributed by atoms with Crippen LogP contribution in [0.1, 0.15) is 32.1 Å². The van der Waals surface area contributed by atoms with Crippen LogP contribution in [0.15, 0.2) is 26.4 Å². The van der Waals surface area contributed by atoms with Gasteiger partial charge in [0.05, 0.1) is 5.71 Å². The Morgan fingerprint density at radius 2 is 1.94 bits per heavy atom. The zero-order chi connectivity index (χ0) is 11.3. The maximum Gasteiger partial charge on any atom is 0.107 e. The average Bonchev–Trinajstić information content (AvgIpc) is 2.84. The van der Waals surface area contributed by atoms with Gasteiger partial charge in [-0.15, -0.1) is 0 Å². The summed E-state index contributed by atoms with van der Waals surface area (Å²) in [6, 6.07) is 0. The highest BCUT2D eigenvalue weighted by atomic mass is 35.5. The molecule has 2 bridgehead atoms. The standard InChI is InChI=1S/C12H13Cl2NO/c13-12(14)11-7-4-5-8(11)10-6(7)2-1-3-9(10)15-16/h7-8,16H,1-5H2/t7-,8+/m0/s1. The van der Waals surface area contributed by atoms with Gasteiger partial charge in [-0.2, -0.15) is 0 Å². The molecule has 4 heteroatoms. The minimum absolute atomic E-state index is 0.330. The minimum Gasteiger partial charge on any atom is -0.411 e. The summed E-state index contributed by atoms with van der Waals surface area (Å²) in [5.74, 6) is 0.762. The first-order valence-corrected chi connectivity index (χ1v) is 6.49. The molecular formula is C12H13Cl2NO. The highest BCUT2D eigenvalue weighted by Crippen LogP contribution is 2.57. The highest BCUT2D eigenvalue weighted by molar-refractivity contribution is 6.56. The summed E-state index contributed by atoms with van der Waals surface area (Å²) in [6.45, 7) is 0. The van der Waals surface area contributed by atoms with E-state index >= 15 is 0 Å². The number of hydrogen-bond acceptors (Lipinski definition) is 2. The normalized spacial score (nSPS) is 34.9. The third-order valence-corrected chi connectivity index (χ3v) is 4.56. The van der Waals surface area contributed by atoms with Crippen LogP contribution in [0.2, 0.25) is 0 Å². The lowest BCUT2D eigenvalue weighted by atomic mass is 9.81. The van der Waals surface area contributed by atoms with Crippen molar-refractivity contribution >= 4 is 28.9 Å². The van der Waals surface area contributed by atoms with Gasteiger partial charge < -0.3 is 5.21 Å². The number of fused-ring (bicyclic) bond motifs is 4. The lowest BCUT2D eigenvalue weighted by Gasteiger charge is -2.24. The van der Waals surface area contributed by atoms with Crippen LogP contribution < -0.4 is 0 Å². The molecule has 1 N–H and O–H groups in total. The van der Waals surface area contributed by atoms with E-state index < -0.39 is 0 Å². The zero-order valence-corrected chi connectivity index (χ0v) is 10.4. The molecular weight excluding hydrogens is 245 g/mol. The fourth-order valence-corrected chi connectivity index (χ4v) is 4.13. The molecule has 16 heavy (non-hydrogen) atoms. The predicted molar refractivity (Wildman–Crippen MR) is 65.0 cm³/mol. The monoisotopic (exact) mass is 257 g/mol. The van der Waals surface area contributed by atoms with Crippen molar-refractivity contribution in [3.8, 4) is 0 Å². The number of hydrogen-bond donors (Lipinski definition) is 1. The first-order chi connectivity index (χ1) is 7.74. The van der Waals surface area contributed by atoms with Crippen molar-refractivity contribution in [3.63, 3.8) is 0 Å². The van der Waals surface area contributed by atoms with Gasteiger partial charge in [-0.25, -0.2) is 0 Å². The van der Waals surface area contributed by atoms with E-state index in [2.05, 4.69) is 5.16 Å². The summed E-state index contributed by atoms with van der Waals surface area (Å²) in [6.07, 6.45) is 5.32. The molecule has 1 saturated carbocycles. The van der Waals surface area contributed by atoms with Gasteiger partial charge in [0.25, 0.3) is 0 Å². The van der Waals surface area contributed by atoms with E-state index in [1.165, 1.54) is 16.7 Å². The van der Waals surface area contributed by atoms with E-state index in [0.29, 0.717) is 16.3 Å². The van der Waals surface area contributed by atoms with E-state index in [9.17, 15) is 0 Å². The molecule has 0 aromatic heterocycles. The van der Waals surface area contributed by atoms with Gasteiger partial charge in [0, 0.05) is 11.8 Å². The molecule has 0 unspecified atom stereocenters. The lowest BCUT2D eigenvalue weighted by molar-refractivity contribution is 0.316. The van der Waals surface area contributed by atoms with Gasteiger partial charge >= 0.3 is 0 Å². The Kier molecular flexibility index (Phi) is 2.52. The van der Waals surface area contributed by atoms with Gasteiger partial charge in [-0.05, 0) is 43.3 Å².